The highest BCUT2D eigenvalue weighted by Crippen LogP contribution is 2.37. The van der Waals surface area contributed by atoms with Crippen LogP contribution in [0.2, 0.25) is 0 Å². The third-order valence-electron chi connectivity index (χ3n) is 5.48. The highest BCUT2D eigenvalue weighted by molar-refractivity contribution is 6.32. The minimum absolute atomic E-state index is 0.355. The van der Waals surface area contributed by atoms with Gasteiger partial charge in [0.1, 0.15) is 11.6 Å². The summed E-state index contributed by atoms with van der Waals surface area (Å²) in [4.78, 5) is 32.9. The molecule has 2 aliphatic rings. The Morgan fingerprint density at radius 3 is 2.40 bits per heavy atom. The molecule has 0 saturated carbocycles. The number of oxime groups is 1. The number of imide groups is 1. The molecule has 5 rings (SSSR count). The van der Waals surface area contributed by atoms with E-state index in [1.807, 2.05) is 36.4 Å². The quantitative estimate of drug-likeness (QED) is 0.627. The van der Waals surface area contributed by atoms with E-state index in [2.05, 4.69) is 5.16 Å². The number of carbonyl (C=O) groups excluding carboxylic acids is 2. The van der Waals surface area contributed by atoms with Gasteiger partial charge in [0, 0.05) is 5.56 Å². The first-order chi connectivity index (χ1) is 14.6. The number of hydrogen-bond acceptors (Lipinski definition) is 6. The maximum absolute atomic E-state index is 13.3. The Hall–Kier alpha value is -3.87. The van der Waals surface area contributed by atoms with E-state index in [4.69, 9.17) is 14.3 Å². The van der Waals surface area contributed by atoms with E-state index >= 15 is 0 Å². The summed E-state index contributed by atoms with van der Waals surface area (Å²) in [6.07, 6.45) is -0.966. The molecule has 7 heteroatoms. The minimum atomic E-state index is -0.966. The van der Waals surface area contributed by atoms with Crippen molar-refractivity contribution in [1.82, 2.24) is 0 Å². The number of fused-ring (bicyclic) bond motifs is 2. The average Bonchev–Trinajstić information content (AvgIpc) is 3.33. The fourth-order valence-corrected chi connectivity index (χ4v) is 3.98. The van der Waals surface area contributed by atoms with Crippen molar-refractivity contribution < 1.29 is 23.9 Å². The molecule has 0 N–H and O–H groups in total. The highest BCUT2D eigenvalue weighted by atomic mass is 16.7. The molecule has 0 aliphatic carbocycles. The van der Waals surface area contributed by atoms with E-state index in [0.29, 0.717) is 28.5 Å². The van der Waals surface area contributed by atoms with E-state index in [1.54, 1.807) is 31.4 Å². The van der Waals surface area contributed by atoms with E-state index in [9.17, 15) is 9.59 Å². The zero-order valence-corrected chi connectivity index (χ0v) is 16.4. The van der Waals surface area contributed by atoms with Crippen LogP contribution in [-0.2, 0) is 14.4 Å². The van der Waals surface area contributed by atoms with Gasteiger partial charge in [-0.2, -0.15) is 0 Å². The van der Waals surface area contributed by atoms with Gasteiger partial charge in [-0.05, 0) is 41.1 Å². The van der Waals surface area contributed by atoms with Crippen molar-refractivity contribution in [3.8, 4) is 11.5 Å². The van der Waals surface area contributed by atoms with Gasteiger partial charge in [-0.3, -0.25) is 9.59 Å². The Morgan fingerprint density at radius 1 is 0.867 bits per heavy atom. The molecule has 1 fully saturated rings. The summed E-state index contributed by atoms with van der Waals surface area (Å²) < 4.78 is 10.6. The number of hydrogen-bond donors (Lipinski definition) is 0. The molecule has 1 saturated heterocycles. The van der Waals surface area contributed by atoms with Crippen molar-refractivity contribution in [2.75, 3.05) is 19.1 Å². The van der Waals surface area contributed by atoms with Crippen molar-refractivity contribution in [3.63, 3.8) is 0 Å². The molecular formula is C23H18N2O5. The lowest BCUT2D eigenvalue weighted by molar-refractivity contribution is -0.126. The van der Waals surface area contributed by atoms with Crippen LogP contribution in [0.3, 0.4) is 0 Å². The number of methoxy groups -OCH3 is 2. The molecule has 0 bridgehead atoms. The summed E-state index contributed by atoms with van der Waals surface area (Å²) in [5.41, 5.74) is 1.57. The molecule has 3 aromatic rings. The summed E-state index contributed by atoms with van der Waals surface area (Å²) in [5.74, 6) is -0.513. The summed E-state index contributed by atoms with van der Waals surface area (Å²) in [6, 6.07) is 18.5. The summed E-state index contributed by atoms with van der Waals surface area (Å²) in [7, 11) is 3.08. The number of amides is 2. The standard InChI is InChI=1S/C23H18N2O5/c1-28-17-10-8-15(12-18(17)29-2)20-19-21(30-24-20)23(27)25(22(19)26)16-9-7-13-5-3-4-6-14(13)11-16/h3-12,19,21H,1-2H3. The second kappa shape index (κ2) is 6.88. The second-order valence-electron chi connectivity index (χ2n) is 7.09. The van der Waals surface area contributed by atoms with Crippen LogP contribution in [0, 0.1) is 5.92 Å². The largest absolute Gasteiger partial charge is 0.493 e. The SMILES string of the molecule is COc1ccc(C2=NOC3C(=O)N(c4ccc5ccccc5c4)C(=O)C23)cc1OC. The Morgan fingerprint density at radius 2 is 1.63 bits per heavy atom. The Balaban J connectivity index is 1.51. The van der Waals surface area contributed by atoms with Gasteiger partial charge in [0.2, 0.25) is 12.0 Å². The van der Waals surface area contributed by atoms with Crippen molar-refractivity contribution >= 4 is 34.0 Å². The van der Waals surface area contributed by atoms with Gasteiger partial charge in [-0.15, -0.1) is 0 Å². The number of ether oxygens (including phenoxy) is 2. The zero-order valence-electron chi connectivity index (χ0n) is 16.4. The first-order valence-corrected chi connectivity index (χ1v) is 9.45. The van der Waals surface area contributed by atoms with Gasteiger partial charge in [0.05, 0.1) is 19.9 Å². The van der Waals surface area contributed by atoms with Crippen LogP contribution in [0.4, 0.5) is 5.69 Å². The monoisotopic (exact) mass is 402 g/mol. The fourth-order valence-electron chi connectivity index (χ4n) is 3.98. The van der Waals surface area contributed by atoms with Gasteiger partial charge in [-0.1, -0.05) is 35.5 Å². The van der Waals surface area contributed by atoms with Gasteiger partial charge < -0.3 is 14.3 Å². The van der Waals surface area contributed by atoms with Gasteiger partial charge >= 0.3 is 0 Å². The van der Waals surface area contributed by atoms with E-state index < -0.39 is 17.9 Å². The van der Waals surface area contributed by atoms with E-state index in [1.165, 1.54) is 12.0 Å². The number of anilines is 1. The smallest absolute Gasteiger partial charge is 0.278 e. The maximum atomic E-state index is 13.3. The predicted molar refractivity (Wildman–Crippen MR) is 111 cm³/mol. The summed E-state index contributed by atoms with van der Waals surface area (Å²) in [6.45, 7) is 0. The number of carbonyl (C=O) groups is 2. The third-order valence-corrected chi connectivity index (χ3v) is 5.48. The molecule has 2 heterocycles. The first-order valence-electron chi connectivity index (χ1n) is 9.45. The molecule has 2 aliphatic heterocycles. The Kier molecular flexibility index (Phi) is 4.17. The van der Waals surface area contributed by atoms with Gasteiger partial charge in [0.25, 0.3) is 5.91 Å². The van der Waals surface area contributed by atoms with Crippen molar-refractivity contribution in [1.29, 1.82) is 0 Å². The minimum Gasteiger partial charge on any atom is -0.493 e. The molecule has 150 valence electrons. The molecule has 3 aromatic carbocycles. The van der Waals surface area contributed by atoms with Gasteiger partial charge in [0.15, 0.2) is 11.5 Å². The molecule has 0 aromatic heterocycles. The number of nitrogens with zero attached hydrogens (tertiary/aromatic N) is 2. The molecule has 2 atom stereocenters. The molecule has 2 amide bonds. The Labute approximate surface area is 172 Å². The van der Waals surface area contributed by atoms with Crippen molar-refractivity contribution in [2.45, 2.75) is 6.10 Å². The van der Waals surface area contributed by atoms with E-state index in [0.717, 1.165) is 10.8 Å². The molecule has 2 unspecified atom stereocenters. The maximum Gasteiger partial charge on any atom is 0.278 e. The molecule has 0 radical (unpaired) electrons. The van der Waals surface area contributed by atoms with Crippen molar-refractivity contribution in [3.05, 3.63) is 66.2 Å². The molecular weight excluding hydrogens is 384 g/mol. The number of rotatable bonds is 4. The highest BCUT2D eigenvalue weighted by Gasteiger charge is 2.56. The lowest BCUT2D eigenvalue weighted by atomic mass is 9.94. The third kappa shape index (κ3) is 2.62. The van der Waals surface area contributed by atoms with Crippen LogP contribution in [0.25, 0.3) is 10.8 Å². The topological polar surface area (TPSA) is 77.4 Å². The predicted octanol–water partition coefficient (Wildman–Crippen LogP) is 3.15. The second-order valence-corrected chi connectivity index (χ2v) is 7.09. The Bertz CT molecular complexity index is 1220. The normalized spacial score (nSPS) is 20.2. The summed E-state index contributed by atoms with van der Waals surface area (Å²) >= 11 is 0. The molecule has 7 nitrogen and oxygen atoms in total. The van der Waals surface area contributed by atoms with Gasteiger partial charge in [-0.25, -0.2) is 4.90 Å². The van der Waals surface area contributed by atoms with Crippen molar-refractivity contribution in [2.24, 2.45) is 11.1 Å². The van der Waals surface area contributed by atoms with Crippen LogP contribution in [0.1, 0.15) is 5.56 Å². The zero-order chi connectivity index (χ0) is 20.8. The number of benzene rings is 3. The lowest BCUT2D eigenvalue weighted by Crippen LogP contribution is -2.33. The fraction of sp³-hybridized carbons (Fsp3) is 0.174. The molecule has 0 spiro atoms. The lowest BCUT2D eigenvalue weighted by Gasteiger charge is -2.16. The van der Waals surface area contributed by atoms with Crippen LogP contribution >= 0.6 is 0 Å². The van der Waals surface area contributed by atoms with Crippen LogP contribution < -0.4 is 14.4 Å². The van der Waals surface area contributed by atoms with E-state index in [-0.39, 0.29) is 5.91 Å². The van der Waals surface area contributed by atoms with Crippen LogP contribution in [0.15, 0.2) is 65.8 Å². The molecule has 30 heavy (non-hydrogen) atoms. The summed E-state index contributed by atoms with van der Waals surface area (Å²) in [5, 5.41) is 6.03. The average molecular weight is 402 g/mol. The van der Waals surface area contributed by atoms with Crippen LogP contribution in [0.5, 0.6) is 11.5 Å². The van der Waals surface area contributed by atoms with Crippen LogP contribution in [-0.4, -0.2) is 37.8 Å². The first kappa shape index (κ1) is 18.2.